The number of hydrogen-bond acceptors (Lipinski definition) is 5. The number of nitrogens with two attached hydrogens (primary N) is 1. The summed E-state index contributed by atoms with van der Waals surface area (Å²) < 4.78 is 4.93. The first-order chi connectivity index (χ1) is 9.17. The van der Waals surface area contributed by atoms with E-state index in [0.717, 1.165) is 11.3 Å². The number of H-pyrrole nitrogens is 2. The Morgan fingerprint density at radius 2 is 2.26 bits per heavy atom. The Balaban J connectivity index is 2.03. The Bertz CT molecular complexity index is 770. The van der Waals surface area contributed by atoms with Gasteiger partial charge in [0.15, 0.2) is 5.58 Å². The highest BCUT2D eigenvalue weighted by atomic mass is 16.4. The molecule has 0 radical (unpaired) electrons. The van der Waals surface area contributed by atoms with Crippen LogP contribution in [0.5, 0.6) is 0 Å². The van der Waals surface area contributed by atoms with Crippen LogP contribution in [0.1, 0.15) is 11.9 Å². The molecule has 0 amide bonds. The lowest BCUT2D eigenvalue weighted by atomic mass is 10.1. The van der Waals surface area contributed by atoms with E-state index in [2.05, 4.69) is 15.0 Å². The van der Waals surface area contributed by atoms with Crippen LogP contribution < -0.4 is 11.5 Å². The van der Waals surface area contributed by atoms with Crippen LogP contribution in [-0.4, -0.2) is 26.7 Å². The van der Waals surface area contributed by atoms with E-state index in [-0.39, 0.29) is 6.61 Å². The molecule has 2 aromatic heterocycles. The number of nitrogens with one attached hydrogen (secondary N) is 2. The molecule has 7 nitrogen and oxygen atoms in total. The van der Waals surface area contributed by atoms with E-state index >= 15 is 0 Å². The maximum absolute atomic E-state index is 11.1. The second-order valence-electron chi connectivity index (χ2n) is 4.20. The fourth-order valence-electron chi connectivity index (χ4n) is 1.88. The van der Waals surface area contributed by atoms with E-state index in [1.165, 1.54) is 0 Å². The average Bonchev–Trinajstić information content (AvgIpc) is 3.01. The van der Waals surface area contributed by atoms with Crippen LogP contribution >= 0.6 is 0 Å². The maximum atomic E-state index is 11.1. The van der Waals surface area contributed by atoms with Gasteiger partial charge < -0.3 is 20.2 Å². The summed E-state index contributed by atoms with van der Waals surface area (Å²) in [6.07, 6.45) is 1.63. The molecule has 0 saturated carbocycles. The van der Waals surface area contributed by atoms with Gasteiger partial charge in [-0.2, -0.15) is 0 Å². The van der Waals surface area contributed by atoms with Crippen LogP contribution in [0, 0.1) is 0 Å². The minimum atomic E-state index is -0.536. The Hall–Kier alpha value is -2.38. The number of fused-ring (bicyclic) bond motifs is 1. The quantitative estimate of drug-likeness (QED) is 0.546. The van der Waals surface area contributed by atoms with Crippen molar-refractivity contribution in [3.05, 3.63) is 40.8 Å². The molecule has 0 saturated heterocycles. The van der Waals surface area contributed by atoms with Crippen LogP contribution in [0.3, 0.4) is 0 Å². The van der Waals surface area contributed by atoms with Gasteiger partial charge in [-0.3, -0.25) is 4.98 Å². The predicted octanol–water partition coefficient (Wildman–Crippen LogP) is 0.503. The van der Waals surface area contributed by atoms with E-state index in [9.17, 15) is 4.79 Å². The lowest BCUT2D eigenvalue weighted by molar-refractivity contribution is 0.264. The third kappa shape index (κ3) is 2.05. The molecule has 0 aliphatic rings. The SMILES string of the molecule is NC(CO)c1ncc(-c2ccc3oc(=O)[nH]c3c2)[nH]1. The summed E-state index contributed by atoms with van der Waals surface area (Å²) in [6.45, 7) is -0.180. The molecule has 1 unspecified atom stereocenters. The summed E-state index contributed by atoms with van der Waals surface area (Å²) in [5.41, 5.74) is 8.38. The molecule has 19 heavy (non-hydrogen) atoms. The van der Waals surface area contributed by atoms with Gasteiger partial charge in [-0.25, -0.2) is 9.78 Å². The number of aromatic amines is 2. The Morgan fingerprint density at radius 3 is 3.05 bits per heavy atom. The van der Waals surface area contributed by atoms with Crippen LogP contribution in [0.25, 0.3) is 22.4 Å². The number of benzene rings is 1. The molecule has 98 valence electrons. The zero-order valence-electron chi connectivity index (χ0n) is 9.88. The van der Waals surface area contributed by atoms with Gasteiger partial charge in [0.1, 0.15) is 5.82 Å². The zero-order chi connectivity index (χ0) is 13.4. The summed E-state index contributed by atoms with van der Waals surface area (Å²) in [4.78, 5) is 20.8. The Morgan fingerprint density at radius 1 is 1.42 bits per heavy atom. The number of aromatic nitrogens is 3. The molecule has 5 N–H and O–H groups in total. The van der Waals surface area contributed by atoms with Gasteiger partial charge in [-0.05, 0) is 18.2 Å². The van der Waals surface area contributed by atoms with Gasteiger partial charge in [0.2, 0.25) is 0 Å². The Labute approximate surface area is 107 Å². The highest BCUT2D eigenvalue weighted by Gasteiger charge is 2.11. The minimum absolute atomic E-state index is 0.180. The number of nitrogens with zero attached hydrogens (tertiary/aromatic N) is 1. The average molecular weight is 260 g/mol. The highest BCUT2D eigenvalue weighted by molar-refractivity contribution is 5.78. The molecular weight excluding hydrogens is 248 g/mol. The van der Waals surface area contributed by atoms with E-state index < -0.39 is 11.8 Å². The van der Waals surface area contributed by atoms with Crippen molar-refractivity contribution in [3.8, 4) is 11.3 Å². The van der Waals surface area contributed by atoms with Gasteiger partial charge in [0.25, 0.3) is 0 Å². The normalized spacial score (nSPS) is 12.9. The minimum Gasteiger partial charge on any atom is -0.408 e. The van der Waals surface area contributed by atoms with Crippen molar-refractivity contribution >= 4 is 11.1 Å². The van der Waals surface area contributed by atoms with Crippen molar-refractivity contribution in [2.75, 3.05) is 6.61 Å². The molecule has 7 heteroatoms. The van der Waals surface area contributed by atoms with Gasteiger partial charge in [-0.1, -0.05) is 0 Å². The van der Waals surface area contributed by atoms with E-state index in [1.807, 2.05) is 0 Å². The molecule has 1 atom stereocenters. The van der Waals surface area contributed by atoms with E-state index in [1.54, 1.807) is 24.4 Å². The number of rotatable bonds is 3. The van der Waals surface area contributed by atoms with Crippen LogP contribution in [-0.2, 0) is 0 Å². The molecule has 0 fully saturated rings. The number of oxazole rings is 1. The summed E-state index contributed by atoms with van der Waals surface area (Å²) in [5, 5.41) is 8.98. The first kappa shape index (κ1) is 11.7. The summed E-state index contributed by atoms with van der Waals surface area (Å²) >= 11 is 0. The first-order valence-electron chi connectivity index (χ1n) is 5.72. The van der Waals surface area contributed by atoms with Crippen LogP contribution in [0.15, 0.2) is 33.6 Å². The molecule has 0 bridgehead atoms. The maximum Gasteiger partial charge on any atom is 0.417 e. The van der Waals surface area contributed by atoms with Crippen molar-refractivity contribution in [2.24, 2.45) is 5.73 Å². The lowest BCUT2D eigenvalue weighted by Crippen LogP contribution is -2.15. The summed E-state index contributed by atoms with van der Waals surface area (Å²) in [5.74, 6) is 0.0260. The van der Waals surface area contributed by atoms with Crippen LogP contribution in [0.4, 0.5) is 0 Å². The van der Waals surface area contributed by atoms with Gasteiger partial charge in [0.05, 0.1) is 30.1 Å². The number of aliphatic hydroxyl groups excluding tert-OH is 1. The Kier molecular flexibility index (Phi) is 2.69. The summed E-state index contributed by atoms with van der Waals surface area (Å²) in [7, 11) is 0. The highest BCUT2D eigenvalue weighted by Crippen LogP contribution is 2.22. The summed E-state index contributed by atoms with van der Waals surface area (Å²) in [6, 6.07) is 4.75. The third-order valence-corrected chi connectivity index (χ3v) is 2.87. The molecule has 2 heterocycles. The van der Waals surface area contributed by atoms with Crippen molar-refractivity contribution in [2.45, 2.75) is 6.04 Å². The fraction of sp³-hybridized carbons (Fsp3) is 0.167. The monoisotopic (exact) mass is 260 g/mol. The molecule has 1 aromatic carbocycles. The standard InChI is InChI=1S/C12H12N4O3/c13-7(5-17)11-14-4-9(15-11)6-1-2-10-8(3-6)16-12(18)19-10/h1-4,7,17H,5,13H2,(H,14,15)(H,16,18). The number of aliphatic hydroxyl groups is 1. The molecular formula is C12H12N4O3. The molecule has 3 rings (SSSR count). The smallest absolute Gasteiger partial charge is 0.408 e. The molecule has 0 spiro atoms. The molecule has 0 aliphatic carbocycles. The second-order valence-corrected chi connectivity index (χ2v) is 4.20. The van der Waals surface area contributed by atoms with E-state index in [4.69, 9.17) is 15.3 Å². The first-order valence-corrected chi connectivity index (χ1v) is 5.72. The van der Waals surface area contributed by atoms with Crippen molar-refractivity contribution in [1.29, 1.82) is 0 Å². The number of hydrogen-bond donors (Lipinski definition) is 4. The molecule has 0 aliphatic heterocycles. The predicted molar refractivity (Wildman–Crippen MR) is 68.4 cm³/mol. The number of imidazole rings is 1. The second kappa shape index (κ2) is 4.38. The third-order valence-electron chi connectivity index (χ3n) is 2.87. The molecule has 3 aromatic rings. The van der Waals surface area contributed by atoms with Crippen molar-refractivity contribution in [3.63, 3.8) is 0 Å². The van der Waals surface area contributed by atoms with Gasteiger partial charge >= 0.3 is 5.76 Å². The van der Waals surface area contributed by atoms with E-state index in [0.29, 0.717) is 16.9 Å². The fourth-order valence-corrected chi connectivity index (χ4v) is 1.88. The van der Waals surface area contributed by atoms with Gasteiger partial charge in [-0.15, -0.1) is 0 Å². The van der Waals surface area contributed by atoms with Crippen LogP contribution in [0.2, 0.25) is 0 Å². The zero-order valence-corrected chi connectivity index (χ0v) is 9.88. The van der Waals surface area contributed by atoms with Gasteiger partial charge in [0, 0.05) is 5.56 Å². The van der Waals surface area contributed by atoms with Crippen molar-refractivity contribution < 1.29 is 9.52 Å². The largest absolute Gasteiger partial charge is 0.417 e. The topological polar surface area (TPSA) is 121 Å². The van der Waals surface area contributed by atoms with Crippen molar-refractivity contribution in [1.82, 2.24) is 15.0 Å². The lowest BCUT2D eigenvalue weighted by Gasteiger charge is -2.03.